The van der Waals surface area contributed by atoms with Crippen LogP contribution in [-0.4, -0.2) is 74.8 Å². The third kappa shape index (κ3) is 7.24. The van der Waals surface area contributed by atoms with Gasteiger partial charge in [-0.05, 0) is 86.5 Å². The molecule has 0 aliphatic carbocycles. The number of piperazine rings is 1. The first-order valence-electron chi connectivity index (χ1n) is 17.5. The standard InChI is InChI=1S/C38H43N9O4/c1-4-5-29(3)47-37(48)45(27-42-47)33-9-7-31(8-10-33)43-18-20-44(21-19-43)32-11-13-34(14-12-32)49-24-35-25-50-38(51-35,26-46-40-16-17-41-46)36-15-6-30(23-39)22-28(36)2/h6-17,22,27,29,35H,4-5,18-21,24-26H2,1-3H3/t29?,35-,38-/m1/s1. The van der Waals surface area contributed by atoms with Gasteiger partial charge < -0.3 is 24.0 Å². The van der Waals surface area contributed by atoms with Crippen molar-refractivity contribution in [2.45, 2.75) is 58.1 Å². The van der Waals surface area contributed by atoms with Crippen molar-refractivity contribution in [1.82, 2.24) is 29.3 Å². The SMILES string of the molecule is CCCC(C)n1ncn(-c2ccc(N3CCN(c4ccc(OC[C@@H]5CO[C@@](Cn6nccn6)(c6ccc(C#N)cc6C)O5)cc4)CC3)cc2)c1=O. The molecule has 1 unspecified atom stereocenters. The van der Waals surface area contributed by atoms with Crippen LogP contribution in [0.3, 0.4) is 0 Å². The molecule has 0 saturated carbocycles. The highest BCUT2D eigenvalue weighted by Crippen LogP contribution is 2.38. The van der Waals surface area contributed by atoms with E-state index in [1.54, 1.807) is 38.8 Å². The van der Waals surface area contributed by atoms with Crippen molar-refractivity contribution in [1.29, 1.82) is 5.26 Å². The highest BCUT2D eigenvalue weighted by molar-refractivity contribution is 5.55. The molecule has 13 heteroatoms. The molecular formula is C38H43N9O4. The van der Waals surface area contributed by atoms with Gasteiger partial charge in [-0.3, -0.25) is 0 Å². The Balaban J connectivity index is 0.925. The van der Waals surface area contributed by atoms with Gasteiger partial charge in [0.15, 0.2) is 0 Å². The number of rotatable bonds is 12. The molecule has 4 heterocycles. The van der Waals surface area contributed by atoms with Gasteiger partial charge in [0.1, 0.15) is 31.3 Å². The number of ether oxygens (including phenoxy) is 3. The summed E-state index contributed by atoms with van der Waals surface area (Å²) in [7, 11) is 0. The lowest BCUT2D eigenvalue weighted by molar-refractivity contribution is -0.192. The summed E-state index contributed by atoms with van der Waals surface area (Å²) in [6.45, 7) is 10.6. The number of aromatic nitrogens is 6. The number of hydrogen-bond donors (Lipinski definition) is 0. The second kappa shape index (κ2) is 14.8. The summed E-state index contributed by atoms with van der Waals surface area (Å²) in [6.07, 6.45) is 6.46. The third-order valence-electron chi connectivity index (χ3n) is 9.67. The first-order chi connectivity index (χ1) is 24.9. The van der Waals surface area contributed by atoms with Crippen molar-refractivity contribution in [3.05, 3.63) is 113 Å². The van der Waals surface area contributed by atoms with Crippen molar-refractivity contribution in [2.24, 2.45) is 0 Å². The number of benzene rings is 3. The monoisotopic (exact) mass is 689 g/mol. The summed E-state index contributed by atoms with van der Waals surface area (Å²) >= 11 is 0. The van der Waals surface area contributed by atoms with Crippen LogP contribution in [0.15, 0.2) is 90.2 Å². The minimum absolute atomic E-state index is 0.0779. The Hall–Kier alpha value is -5.45. The average molecular weight is 690 g/mol. The van der Waals surface area contributed by atoms with Crippen molar-refractivity contribution < 1.29 is 14.2 Å². The molecule has 0 N–H and O–H groups in total. The Labute approximate surface area is 297 Å². The van der Waals surface area contributed by atoms with Crippen LogP contribution < -0.4 is 20.2 Å². The van der Waals surface area contributed by atoms with Gasteiger partial charge >= 0.3 is 5.69 Å². The third-order valence-corrected chi connectivity index (χ3v) is 9.67. The number of nitrogens with zero attached hydrogens (tertiary/aromatic N) is 9. The molecule has 0 bridgehead atoms. The summed E-state index contributed by atoms with van der Waals surface area (Å²) in [4.78, 5) is 19.2. The second-order valence-electron chi connectivity index (χ2n) is 13.2. The molecule has 2 aliphatic heterocycles. The van der Waals surface area contributed by atoms with Crippen LogP contribution in [-0.2, 0) is 21.8 Å². The highest BCUT2D eigenvalue weighted by Gasteiger charge is 2.45. The van der Waals surface area contributed by atoms with Crippen LogP contribution in [0.1, 0.15) is 49.4 Å². The van der Waals surface area contributed by atoms with Crippen molar-refractivity contribution in [2.75, 3.05) is 49.2 Å². The van der Waals surface area contributed by atoms with E-state index in [4.69, 9.17) is 14.2 Å². The minimum Gasteiger partial charge on any atom is -0.491 e. The number of anilines is 2. The summed E-state index contributed by atoms with van der Waals surface area (Å²) in [6, 6.07) is 24.1. The summed E-state index contributed by atoms with van der Waals surface area (Å²) < 4.78 is 22.2. The zero-order valence-corrected chi connectivity index (χ0v) is 29.3. The van der Waals surface area contributed by atoms with Crippen LogP contribution in [0, 0.1) is 18.3 Å². The number of nitriles is 1. The normalized spacial score (nSPS) is 19.6. The molecule has 3 atom stereocenters. The van der Waals surface area contributed by atoms with Gasteiger partial charge in [-0.15, -0.1) is 0 Å². The fourth-order valence-corrected chi connectivity index (χ4v) is 6.95. The fraction of sp³-hybridized carbons (Fsp3) is 0.395. The molecule has 2 aromatic heterocycles. The molecule has 0 amide bonds. The molecule has 0 radical (unpaired) electrons. The van der Waals surface area contributed by atoms with E-state index < -0.39 is 5.79 Å². The van der Waals surface area contributed by atoms with E-state index in [1.807, 2.05) is 50.2 Å². The molecular weight excluding hydrogens is 646 g/mol. The predicted octanol–water partition coefficient (Wildman–Crippen LogP) is 4.84. The largest absolute Gasteiger partial charge is 0.491 e. The van der Waals surface area contributed by atoms with E-state index in [2.05, 4.69) is 62.4 Å². The molecule has 13 nitrogen and oxygen atoms in total. The zero-order valence-electron chi connectivity index (χ0n) is 29.3. The first kappa shape index (κ1) is 34.0. The average Bonchev–Trinajstić information content (AvgIpc) is 3.92. The molecule has 2 aliphatic rings. The van der Waals surface area contributed by atoms with Gasteiger partial charge in [-0.25, -0.2) is 14.0 Å². The Bertz CT molecular complexity index is 2010. The van der Waals surface area contributed by atoms with Crippen molar-refractivity contribution in [3.8, 4) is 17.5 Å². The second-order valence-corrected chi connectivity index (χ2v) is 13.2. The summed E-state index contributed by atoms with van der Waals surface area (Å²) in [5.41, 5.74) is 5.30. The number of hydrogen-bond acceptors (Lipinski definition) is 10. The van der Waals surface area contributed by atoms with E-state index >= 15 is 0 Å². The van der Waals surface area contributed by atoms with Gasteiger partial charge in [-0.2, -0.15) is 25.4 Å². The Kier molecular flexibility index (Phi) is 9.87. The predicted molar refractivity (Wildman–Crippen MR) is 192 cm³/mol. The smallest absolute Gasteiger partial charge is 0.350 e. The van der Waals surface area contributed by atoms with Crippen LogP contribution in [0.25, 0.3) is 5.69 Å². The molecule has 5 aromatic rings. The molecule has 2 saturated heterocycles. The molecule has 264 valence electrons. The maximum Gasteiger partial charge on any atom is 0.350 e. The number of aryl methyl sites for hydroxylation is 1. The molecule has 2 fully saturated rings. The van der Waals surface area contributed by atoms with E-state index in [1.165, 1.54) is 0 Å². The van der Waals surface area contributed by atoms with Crippen molar-refractivity contribution >= 4 is 11.4 Å². The zero-order chi connectivity index (χ0) is 35.4. The maximum absolute atomic E-state index is 12.9. The van der Waals surface area contributed by atoms with E-state index in [-0.39, 0.29) is 24.4 Å². The quantitative estimate of drug-likeness (QED) is 0.180. The minimum atomic E-state index is -1.10. The lowest BCUT2D eigenvalue weighted by Crippen LogP contribution is -2.46. The van der Waals surface area contributed by atoms with E-state index in [9.17, 15) is 10.1 Å². The molecule has 3 aromatic carbocycles. The van der Waals surface area contributed by atoms with Gasteiger partial charge in [0.05, 0.1) is 42.4 Å². The summed E-state index contributed by atoms with van der Waals surface area (Å²) in [5.74, 6) is -0.346. The van der Waals surface area contributed by atoms with E-state index in [0.29, 0.717) is 18.8 Å². The Morgan fingerprint density at radius 3 is 2.22 bits per heavy atom. The fourth-order valence-electron chi connectivity index (χ4n) is 6.95. The van der Waals surface area contributed by atoms with Crippen LogP contribution in [0.4, 0.5) is 11.4 Å². The topological polar surface area (TPSA) is 128 Å². The highest BCUT2D eigenvalue weighted by atomic mass is 16.8. The van der Waals surface area contributed by atoms with Crippen LogP contribution >= 0.6 is 0 Å². The lowest BCUT2D eigenvalue weighted by Gasteiger charge is -2.37. The Morgan fingerprint density at radius 2 is 1.59 bits per heavy atom. The molecule has 51 heavy (non-hydrogen) atoms. The van der Waals surface area contributed by atoms with E-state index in [0.717, 1.165) is 73.0 Å². The molecule has 7 rings (SSSR count). The molecule has 0 spiro atoms. The summed E-state index contributed by atoms with van der Waals surface area (Å²) in [5, 5.41) is 22.2. The van der Waals surface area contributed by atoms with Gasteiger partial charge in [0, 0.05) is 43.1 Å². The lowest BCUT2D eigenvalue weighted by atomic mass is 9.98. The van der Waals surface area contributed by atoms with Gasteiger partial charge in [0.25, 0.3) is 0 Å². The van der Waals surface area contributed by atoms with Crippen LogP contribution in [0.5, 0.6) is 5.75 Å². The van der Waals surface area contributed by atoms with Gasteiger partial charge in [-0.1, -0.05) is 19.4 Å². The van der Waals surface area contributed by atoms with Gasteiger partial charge in [0.2, 0.25) is 5.79 Å². The Morgan fingerprint density at radius 1 is 0.941 bits per heavy atom. The van der Waals surface area contributed by atoms with Crippen LogP contribution in [0.2, 0.25) is 0 Å². The maximum atomic E-state index is 12.9. The van der Waals surface area contributed by atoms with Crippen molar-refractivity contribution in [3.63, 3.8) is 0 Å². The first-order valence-corrected chi connectivity index (χ1v) is 17.5.